The van der Waals surface area contributed by atoms with Crippen LogP contribution >= 0.6 is 11.6 Å². The van der Waals surface area contributed by atoms with Crippen LogP contribution in [-0.4, -0.2) is 45.4 Å². The van der Waals surface area contributed by atoms with Gasteiger partial charge in [-0.05, 0) is 74.5 Å². The van der Waals surface area contributed by atoms with E-state index in [0.29, 0.717) is 28.9 Å². The Balaban J connectivity index is 1.22. The largest absolute Gasteiger partial charge is 0.486 e. The molecule has 1 fully saturated rings. The van der Waals surface area contributed by atoms with Gasteiger partial charge in [-0.1, -0.05) is 23.7 Å². The van der Waals surface area contributed by atoms with Gasteiger partial charge in [0.2, 0.25) is 5.91 Å². The Hall–Kier alpha value is -4.27. The van der Waals surface area contributed by atoms with Crippen LogP contribution in [0.25, 0.3) is 17.0 Å². The Morgan fingerprint density at radius 1 is 1.08 bits per heavy atom. The lowest BCUT2D eigenvalue weighted by Crippen LogP contribution is -2.19. The fraction of sp³-hybridized carbons (Fsp3) is 0.200. The Morgan fingerprint density at radius 2 is 1.97 bits per heavy atom. The Labute approximate surface area is 231 Å². The molecule has 0 radical (unpaired) electrons. The standard InChI is InChI=1S/C30H27ClN6O2/c31-24-18-22(8-11-27(24)39-19-21-6-1-2-13-32-21)37-17-12-23-25(9-10-26-29(23)30(37)34-20-33-26)35-28(38)7-5-16-36-14-3-4-15-36/h1-2,5-13,17-18,20H,3-4,14-16,19H2,(H,35,38)/b7-5+. The van der Waals surface area contributed by atoms with E-state index in [9.17, 15) is 4.79 Å². The lowest BCUT2D eigenvalue weighted by atomic mass is 10.0. The molecule has 2 aromatic heterocycles. The van der Waals surface area contributed by atoms with Gasteiger partial charge in [0.25, 0.3) is 0 Å². The summed E-state index contributed by atoms with van der Waals surface area (Å²) in [5.41, 5.74) is 4.00. The van der Waals surface area contributed by atoms with Gasteiger partial charge in [0.1, 0.15) is 24.5 Å². The Kier molecular flexibility index (Phi) is 7.21. The van der Waals surface area contributed by atoms with Crippen LogP contribution in [0.2, 0.25) is 5.02 Å². The van der Waals surface area contributed by atoms with Crippen LogP contribution < -0.4 is 15.0 Å². The van der Waals surface area contributed by atoms with E-state index in [0.717, 1.165) is 47.5 Å². The zero-order valence-electron chi connectivity index (χ0n) is 21.3. The van der Waals surface area contributed by atoms with E-state index in [2.05, 4.69) is 25.2 Å². The number of halogens is 1. The zero-order chi connectivity index (χ0) is 26.6. The number of aromatic nitrogens is 3. The third kappa shape index (κ3) is 5.48. The zero-order valence-corrected chi connectivity index (χ0v) is 22.0. The number of amides is 1. The number of anilines is 3. The highest BCUT2D eigenvalue weighted by atomic mass is 35.5. The molecule has 39 heavy (non-hydrogen) atoms. The second-order valence-corrected chi connectivity index (χ2v) is 9.83. The van der Waals surface area contributed by atoms with Crippen LogP contribution in [-0.2, 0) is 11.4 Å². The van der Waals surface area contributed by atoms with Crippen LogP contribution in [0.4, 0.5) is 17.2 Å². The molecule has 0 atom stereocenters. The summed E-state index contributed by atoms with van der Waals surface area (Å²) in [6, 6.07) is 15.1. The van der Waals surface area contributed by atoms with Gasteiger partial charge in [-0.2, -0.15) is 0 Å². The van der Waals surface area contributed by atoms with Crippen molar-refractivity contribution in [3.05, 3.63) is 95.7 Å². The predicted octanol–water partition coefficient (Wildman–Crippen LogP) is 5.97. The average Bonchev–Trinajstić information content (AvgIpc) is 3.48. The lowest BCUT2D eigenvalue weighted by Gasteiger charge is -2.26. The molecule has 8 nitrogen and oxygen atoms in total. The average molecular weight is 539 g/mol. The number of hydrogen-bond acceptors (Lipinski definition) is 7. The van der Waals surface area contributed by atoms with Crippen molar-refractivity contribution in [2.45, 2.75) is 19.4 Å². The van der Waals surface area contributed by atoms with Gasteiger partial charge in [0.05, 0.1) is 21.6 Å². The number of ether oxygens (including phenoxy) is 1. The van der Waals surface area contributed by atoms with Crippen LogP contribution in [0.1, 0.15) is 24.1 Å². The topological polar surface area (TPSA) is 83.5 Å². The molecule has 0 unspecified atom stereocenters. The Bertz CT molecular complexity index is 1570. The summed E-state index contributed by atoms with van der Waals surface area (Å²) < 4.78 is 5.88. The highest BCUT2D eigenvalue weighted by Crippen LogP contribution is 2.41. The monoisotopic (exact) mass is 538 g/mol. The maximum Gasteiger partial charge on any atom is 0.248 e. The quantitative estimate of drug-likeness (QED) is 0.277. The first-order valence-electron chi connectivity index (χ1n) is 12.9. The molecule has 196 valence electrons. The van der Waals surface area contributed by atoms with Crippen LogP contribution in [0.5, 0.6) is 5.75 Å². The third-order valence-electron chi connectivity index (χ3n) is 6.83. The second kappa shape index (κ2) is 11.2. The third-order valence-corrected chi connectivity index (χ3v) is 7.12. The molecule has 0 bridgehead atoms. The van der Waals surface area contributed by atoms with Gasteiger partial charge in [0, 0.05) is 42.0 Å². The van der Waals surface area contributed by atoms with Crippen molar-refractivity contribution in [3.63, 3.8) is 0 Å². The van der Waals surface area contributed by atoms with Crippen molar-refractivity contribution in [1.29, 1.82) is 0 Å². The predicted molar refractivity (Wildman–Crippen MR) is 154 cm³/mol. The molecule has 0 saturated carbocycles. The van der Waals surface area contributed by atoms with Gasteiger partial charge < -0.3 is 15.0 Å². The maximum atomic E-state index is 12.7. The number of hydrogen-bond donors (Lipinski definition) is 1. The van der Waals surface area contributed by atoms with E-state index >= 15 is 0 Å². The number of nitrogens with one attached hydrogen (secondary N) is 1. The molecular formula is C30H27ClN6O2. The molecule has 4 aromatic rings. The molecule has 1 N–H and O–H groups in total. The van der Waals surface area contributed by atoms with Crippen molar-refractivity contribution >= 4 is 51.7 Å². The van der Waals surface area contributed by atoms with Gasteiger partial charge >= 0.3 is 0 Å². The van der Waals surface area contributed by atoms with Crippen LogP contribution in [0.15, 0.2) is 79.4 Å². The van der Waals surface area contributed by atoms with E-state index in [1.807, 2.05) is 71.8 Å². The minimum Gasteiger partial charge on any atom is -0.486 e. The van der Waals surface area contributed by atoms with E-state index in [4.69, 9.17) is 16.3 Å². The van der Waals surface area contributed by atoms with Crippen molar-refractivity contribution < 1.29 is 9.53 Å². The molecule has 1 amide bonds. The van der Waals surface area contributed by atoms with Gasteiger partial charge in [-0.15, -0.1) is 0 Å². The minimum absolute atomic E-state index is 0.160. The first-order valence-corrected chi connectivity index (χ1v) is 13.3. The molecule has 4 heterocycles. The molecule has 1 saturated heterocycles. The van der Waals surface area contributed by atoms with E-state index in [1.54, 1.807) is 18.6 Å². The van der Waals surface area contributed by atoms with Crippen molar-refractivity contribution in [3.8, 4) is 5.75 Å². The summed E-state index contributed by atoms with van der Waals surface area (Å²) in [5, 5.41) is 4.36. The fourth-order valence-electron chi connectivity index (χ4n) is 4.89. The summed E-state index contributed by atoms with van der Waals surface area (Å²) in [6.45, 7) is 3.31. The molecule has 6 rings (SSSR count). The highest BCUT2D eigenvalue weighted by molar-refractivity contribution is 6.32. The molecule has 2 aliphatic rings. The number of nitrogens with zero attached hydrogens (tertiary/aromatic N) is 5. The van der Waals surface area contributed by atoms with Crippen molar-refractivity contribution in [2.75, 3.05) is 29.9 Å². The summed E-state index contributed by atoms with van der Waals surface area (Å²) in [6.07, 6.45) is 13.1. The SMILES string of the molecule is O=C(/C=C/CN1CCCC1)Nc1ccc2ncnc3c2c1C=CN3c1ccc(OCc2ccccn2)c(Cl)c1. The smallest absolute Gasteiger partial charge is 0.248 e. The number of carbonyl (C=O) groups excluding carboxylic acids is 1. The van der Waals surface area contributed by atoms with Gasteiger partial charge in [0.15, 0.2) is 0 Å². The summed E-state index contributed by atoms with van der Waals surface area (Å²) in [7, 11) is 0. The fourth-order valence-corrected chi connectivity index (χ4v) is 5.12. The highest BCUT2D eigenvalue weighted by Gasteiger charge is 2.22. The Morgan fingerprint density at radius 3 is 2.79 bits per heavy atom. The molecule has 0 spiro atoms. The minimum atomic E-state index is -0.160. The van der Waals surface area contributed by atoms with E-state index in [1.165, 1.54) is 12.8 Å². The number of pyridine rings is 1. The number of carbonyl (C=O) groups is 1. The van der Waals surface area contributed by atoms with Gasteiger partial charge in [-0.3, -0.25) is 14.7 Å². The molecule has 0 aliphatic carbocycles. The number of benzene rings is 2. The normalized spacial score (nSPS) is 14.8. The molecule has 2 aliphatic heterocycles. The number of rotatable bonds is 8. The van der Waals surface area contributed by atoms with E-state index in [-0.39, 0.29) is 5.91 Å². The number of likely N-dealkylation sites (tertiary alicyclic amines) is 1. The lowest BCUT2D eigenvalue weighted by molar-refractivity contribution is -0.111. The summed E-state index contributed by atoms with van der Waals surface area (Å²) >= 11 is 6.60. The molecule has 9 heteroatoms. The second-order valence-electron chi connectivity index (χ2n) is 9.43. The van der Waals surface area contributed by atoms with Crippen LogP contribution in [0, 0.1) is 0 Å². The van der Waals surface area contributed by atoms with Crippen molar-refractivity contribution in [2.24, 2.45) is 0 Å². The van der Waals surface area contributed by atoms with Crippen molar-refractivity contribution in [1.82, 2.24) is 19.9 Å². The van der Waals surface area contributed by atoms with Crippen LogP contribution in [0.3, 0.4) is 0 Å². The first-order chi connectivity index (χ1) is 19.2. The molecular weight excluding hydrogens is 512 g/mol. The maximum absolute atomic E-state index is 12.7. The van der Waals surface area contributed by atoms with E-state index < -0.39 is 0 Å². The first kappa shape index (κ1) is 25.0. The molecule has 2 aromatic carbocycles. The summed E-state index contributed by atoms with van der Waals surface area (Å²) in [5.74, 6) is 1.12. The summed E-state index contributed by atoms with van der Waals surface area (Å²) in [4.78, 5) is 30.3. The van der Waals surface area contributed by atoms with Gasteiger partial charge in [-0.25, -0.2) is 9.97 Å².